The lowest BCUT2D eigenvalue weighted by atomic mass is 10.1. The minimum absolute atomic E-state index is 0.231. The Bertz CT molecular complexity index is 518. The summed E-state index contributed by atoms with van der Waals surface area (Å²) in [6.45, 7) is -1.49. The van der Waals surface area contributed by atoms with E-state index < -0.39 is 48.9 Å². The molecule has 0 aliphatic carbocycles. The number of nitrogens with zero attached hydrogens (tertiary/aromatic N) is 2. The van der Waals surface area contributed by atoms with E-state index in [9.17, 15) is 17.6 Å². The zero-order valence-corrected chi connectivity index (χ0v) is 9.71. The normalized spacial score (nSPS) is 21.5. The van der Waals surface area contributed by atoms with Gasteiger partial charge in [0.05, 0.1) is 30.8 Å². The van der Waals surface area contributed by atoms with Crippen LogP contribution in [0.2, 0.25) is 0 Å². The molecule has 0 aromatic heterocycles. The van der Waals surface area contributed by atoms with Gasteiger partial charge in [0.15, 0.2) is 11.6 Å². The number of aliphatic hydroxyl groups is 1. The number of alkyl halides is 2. The molecule has 19 heavy (non-hydrogen) atoms. The Hall–Kier alpha value is -1.81. The predicted molar refractivity (Wildman–Crippen MR) is 58.9 cm³/mol. The van der Waals surface area contributed by atoms with Crippen molar-refractivity contribution in [2.75, 3.05) is 18.1 Å². The van der Waals surface area contributed by atoms with Crippen LogP contribution < -0.4 is 4.90 Å². The van der Waals surface area contributed by atoms with Gasteiger partial charge >= 0.3 is 0 Å². The Labute approximate surface area is 106 Å². The molecule has 2 rings (SSSR count). The van der Waals surface area contributed by atoms with E-state index in [0.29, 0.717) is 0 Å². The SMILES string of the molecule is N#Cc1cc(F)c(N2CC(F)(F)CC2CO)c(F)c1. The zero-order valence-electron chi connectivity index (χ0n) is 9.71. The van der Waals surface area contributed by atoms with Crippen LogP contribution in [0.25, 0.3) is 0 Å². The Morgan fingerprint density at radius 3 is 2.42 bits per heavy atom. The number of aliphatic hydroxyl groups excluding tert-OH is 1. The number of nitriles is 1. The van der Waals surface area contributed by atoms with Gasteiger partial charge in [0.2, 0.25) is 0 Å². The molecule has 1 aromatic carbocycles. The maximum atomic E-state index is 13.8. The lowest BCUT2D eigenvalue weighted by molar-refractivity contribution is 0.0201. The van der Waals surface area contributed by atoms with Crippen molar-refractivity contribution in [1.29, 1.82) is 5.26 Å². The molecule has 1 fully saturated rings. The van der Waals surface area contributed by atoms with Crippen LogP contribution in [-0.4, -0.2) is 30.2 Å². The van der Waals surface area contributed by atoms with Crippen LogP contribution in [0.4, 0.5) is 23.2 Å². The highest BCUT2D eigenvalue weighted by Crippen LogP contribution is 2.37. The zero-order chi connectivity index (χ0) is 14.2. The van der Waals surface area contributed by atoms with E-state index in [-0.39, 0.29) is 5.56 Å². The van der Waals surface area contributed by atoms with Gasteiger partial charge in [-0.1, -0.05) is 0 Å². The summed E-state index contributed by atoms with van der Waals surface area (Å²) in [7, 11) is 0. The Balaban J connectivity index is 2.45. The average molecular weight is 274 g/mol. The second kappa shape index (κ2) is 4.70. The van der Waals surface area contributed by atoms with Crippen LogP contribution in [0.5, 0.6) is 0 Å². The fraction of sp³-hybridized carbons (Fsp3) is 0.417. The molecule has 3 nitrogen and oxygen atoms in total. The first-order chi connectivity index (χ1) is 8.88. The van der Waals surface area contributed by atoms with E-state index in [4.69, 9.17) is 10.4 Å². The van der Waals surface area contributed by atoms with Crippen LogP contribution in [-0.2, 0) is 0 Å². The van der Waals surface area contributed by atoms with E-state index in [2.05, 4.69) is 0 Å². The average Bonchev–Trinajstić information content (AvgIpc) is 2.63. The van der Waals surface area contributed by atoms with Crippen molar-refractivity contribution >= 4 is 5.69 Å². The van der Waals surface area contributed by atoms with E-state index in [1.165, 1.54) is 0 Å². The van der Waals surface area contributed by atoms with Gasteiger partial charge < -0.3 is 10.0 Å². The highest BCUT2D eigenvalue weighted by atomic mass is 19.3. The predicted octanol–water partition coefficient (Wildman–Crippen LogP) is 2.04. The van der Waals surface area contributed by atoms with Crippen molar-refractivity contribution in [3.63, 3.8) is 0 Å². The fourth-order valence-corrected chi connectivity index (χ4v) is 2.23. The van der Waals surface area contributed by atoms with Crippen LogP contribution in [0.3, 0.4) is 0 Å². The third kappa shape index (κ3) is 2.49. The number of halogens is 4. The molecule has 1 saturated heterocycles. The Kier molecular flexibility index (Phi) is 3.37. The van der Waals surface area contributed by atoms with E-state index in [1.54, 1.807) is 6.07 Å². The molecular weight excluding hydrogens is 264 g/mol. The Morgan fingerprint density at radius 2 is 1.95 bits per heavy atom. The lowest BCUT2D eigenvalue weighted by Crippen LogP contribution is -2.34. The van der Waals surface area contributed by atoms with Gasteiger partial charge in [-0.15, -0.1) is 0 Å². The van der Waals surface area contributed by atoms with E-state index in [0.717, 1.165) is 17.0 Å². The molecule has 0 radical (unpaired) electrons. The van der Waals surface area contributed by atoms with Crippen LogP contribution in [0, 0.1) is 23.0 Å². The summed E-state index contributed by atoms with van der Waals surface area (Å²) in [6.07, 6.45) is -0.664. The van der Waals surface area contributed by atoms with Gasteiger partial charge in [0, 0.05) is 6.42 Å². The first-order valence-electron chi connectivity index (χ1n) is 5.52. The van der Waals surface area contributed by atoms with Crippen molar-refractivity contribution in [3.05, 3.63) is 29.3 Å². The lowest BCUT2D eigenvalue weighted by Gasteiger charge is -2.25. The molecule has 0 spiro atoms. The highest BCUT2D eigenvalue weighted by molar-refractivity contribution is 5.54. The second-order valence-corrected chi connectivity index (χ2v) is 4.42. The van der Waals surface area contributed by atoms with Crippen molar-refractivity contribution in [2.45, 2.75) is 18.4 Å². The van der Waals surface area contributed by atoms with Gasteiger partial charge in [-0.05, 0) is 12.1 Å². The summed E-state index contributed by atoms with van der Waals surface area (Å²) in [4.78, 5) is 0.811. The smallest absolute Gasteiger partial charge is 0.267 e. The first kappa shape index (κ1) is 13.6. The number of anilines is 1. The largest absolute Gasteiger partial charge is 0.394 e. The minimum atomic E-state index is -3.11. The molecule has 0 bridgehead atoms. The second-order valence-electron chi connectivity index (χ2n) is 4.42. The van der Waals surface area contributed by atoms with E-state index >= 15 is 0 Å². The van der Waals surface area contributed by atoms with Crippen LogP contribution in [0.1, 0.15) is 12.0 Å². The number of hydrogen-bond donors (Lipinski definition) is 1. The number of benzene rings is 1. The van der Waals surface area contributed by atoms with E-state index in [1.807, 2.05) is 0 Å². The molecular formula is C12H10F4N2O. The summed E-state index contributed by atoms with van der Waals surface area (Å²) in [5.41, 5.74) is -0.861. The topological polar surface area (TPSA) is 47.3 Å². The maximum absolute atomic E-state index is 13.8. The minimum Gasteiger partial charge on any atom is -0.394 e. The molecule has 1 atom stereocenters. The summed E-state index contributed by atoms with van der Waals surface area (Å²) >= 11 is 0. The van der Waals surface area contributed by atoms with Gasteiger partial charge in [0.25, 0.3) is 5.92 Å². The molecule has 1 aliphatic rings. The maximum Gasteiger partial charge on any atom is 0.267 e. The van der Waals surface area contributed by atoms with Crippen molar-refractivity contribution in [3.8, 4) is 6.07 Å². The monoisotopic (exact) mass is 274 g/mol. The van der Waals surface area contributed by atoms with Gasteiger partial charge in [-0.2, -0.15) is 5.26 Å². The highest BCUT2D eigenvalue weighted by Gasteiger charge is 2.46. The fourth-order valence-electron chi connectivity index (χ4n) is 2.23. The summed E-state index contributed by atoms with van der Waals surface area (Å²) in [5, 5.41) is 17.6. The summed E-state index contributed by atoms with van der Waals surface area (Å²) < 4.78 is 54.1. The molecule has 1 unspecified atom stereocenters. The Morgan fingerprint density at radius 1 is 1.37 bits per heavy atom. The van der Waals surface area contributed by atoms with Crippen molar-refractivity contribution in [2.24, 2.45) is 0 Å². The molecule has 1 aliphatic heterocycles. The molecule has 0 saturated carbocycles. The van der Waals surface area contributed by atoms with Gasteiger partial charge in [-0.25, -0.2) is 17.6 Å². The third-order valence-corrected chi connectivity index (χ3v) is 3.02. The van der Waals surface area contributed by atoms with Gasteiger partial charge in [0.1, 0.15) is 5.69 Å². The number of hydrogen-bond acceptors (Lipinski definition) is 3. The standard InChI is InChI=1S/C12H10F4N2O/c13-9-1-7(4-17)2-10(14)11(9)18-6-12(15,16)3-8(18)5-19/h1-2,8,19H,3,5-6H2. The van der Waals surface area contributed by atoms with Crippen molar-refractivity contribution in [1.82, 2.24) is 0 Å². The molecule has 1 aromatic rings. The molecule has 102 valence electrons. The summed E-state index contributed by atoms with van der Waals surface area (Å²) in [5.74, 6) is -5.29. The van der Waals surface area contributed by atoms with Crippen LogP contribution >= 0.6 is 0 Å². The first-order valence-corrected chi connectivity index (χ1v) is 5.52. The van der Waals surface area contributed by atoms with Crippen LogP contribution in [0.15, 0.2) is 12.1 Å². The third-order valence-electron chi connectivity index (χ3n) is 3.02. The molecule has 1 heterocycles. The van der Waals surface area contributed by atoms with Crippen molar-refractivity contribution < 1.29 is 22.7 Å². The van der Waals surface area contributed by atoms with Gasteiger partial charge in [-0.3, -0.25) is 0 Å². The number of rotatable bonds is 2. The quantitative estimate of drug-likeness (QED) is 0.839. The molecule has 1 N–H and O–H groups in total. The molecule has 7 heteroatoms. The summed E-state index contributed by atoms with van der Waals surface area (Å²) in [6, 6.07) is 2.08. The molecule has 0 amide bonds.